The highest BCUT2D eigenvalue weighted by molar-refractivity contribution is 7.92. The molecule has 0 aliphatic rings. The molecule has 0 aliphatic heterocycles. The molecule has 9 heteroatoms. The van der Waals surface area contributed by atoms with Crippen molar-refractivity contribution in [1.29, 1.82) is 0 Å². The van der Waals surface area contributed by atoms with Crippen molar-refractivity contribution in [3.63, 3.8) is 0 Å². The van der Waals surface area contributed by atoms with Gasteiger partial charge in [0, 0.05) is 0 Å². The third kappa shape index (κ3) is 6.21. The maximum absolute atomic E-state index is 12.5. The second-order valence-electron chi connectivity index (χ2n) is 6.38. The highest BCUT2D eigenvalue weighted by atomic mass is 32.2. The van der Waals surface area contributed by atoms with Gasteiger partial charge >= 0.3 is 0 Å². The second kappa shape index (κ2) is 10.6. The molecule has 8 nitrogen and oxygen atoms in total. The van der Waals surface area contributed by atoms with Crippen LogP contribution in [-0.4, -0.2) is 46.1 Å². The quantitative estimate of drug-likeness (QED) is 0.459. The van der Waals surface area contributed by atoms with Crippen LogP contribution < -0.4 is 19.2 Å². The van der Waals surface area contributed by atoms with E-state index in [-0.39, 0.29) is 0 Å². The van der Waals surface area contributed by atoms with Crippen molar-refractivity contribution in [2.24, 2.45) is 5.10 Å². The van der Waals surface area contributed by atoms with Crippen LogP contribution in [0.15, 0.2) is 53.6 Å². The van der Waals surface area contributed by atoms with Crippen LogP contribution in [0.5, 0.6) is 11.5 Å². The number of hydrazone groups is 1. The van der Waals surface area contributed by atoms with Crippen molar-refractivity contribution >= 4 is 27.8 Å². The Morgan fingerprint density at radius 1 is 1.10 bits per heavy atom. The number of carbonyl (C=O) groups excluding carboxylic acids is 1. The van der Waals surface area contributed by atoms with E-state index in [1.807, 2.05) is 13.8 Å². The van der Waals surface area contributed by atoms with Crippen molar-refractivity contribution in [1.82, 2.24) is 5.43 Å². The third-order valence-electron chi connectivity index (χ3n) is 4.05. The molecule has 2 aromatic carbocycles. The minimum atomic E-state index is -3.67. The van der Waals surface area contributed by atoms with Crippen LogP contribution >= 0.6 is 0 Å². The molecule has 1 atom stereocenters. The normalized spacial score (nSPS) is 12.4. The fourth-order valence-electron chi connectivity index (χ4n) is 2.80. The van der Waals surface area contributed by atoms with Gasteiger partial charge in [0.15, 0.2) is 11.5 Å². The molecule has 0 unspecified atom stereocenters. The van der Waals surface area contributed by atoms with Crippen molar-refractivity contribution in [3.8, 4) is 11.5 Å². The molecule has 0 heterocycles. The topological polar surface area (TPSA) is 97.3 Å². The van der Waals surface area contributed by atoms with Gasteiger partial charge in [-0.1, -0.05) is 18.2 Å². The first kappa shape index (κ1) is 23.2. The predicted molar refractivity (Wildman–Crippen MR) is 118 cm³/mol. The van der Waals surface area contributed by atoms with Gasteiger partial charge < -0.3 is 9.47 Å². The summed E-state index contributed by atoms with van der Waals surface area (Å²) >= 11 is 0. The van der Waals surface area contributed by atoms with E-state index < -0.39 is 22.0 Å². The van der Waals surface area contributed by atoms with Crippen molar-refractivity contribution < 1.29 is 22.7 Å². The largest absolute Gasteiger partial charge is 0.490 e. The summed E-state index contributed by atoms with van der Waals surface area (Å²) in [4.78, 5) is 12.5. The zero-order valence-corrected chi connectivity index (χ0v) is 18.3. The van der Waals surface area contributed by atoms with E-state index in [1.165, 1.54) is 13.1 Å². The van der Waals surface area contributed by atoms with Crippen molar-refractivity contribution in [3.05, 3.63) is 54.1 Å². The van der Waals surface area contributed by atoms with Gasteiger partial charge in [-0.15, -0.1) is 0 Å². The van der Waals surface area contributed by atoms with E-state index in [9.17, 15) is 13.2 Å². The van der Waals surface area contributed by atoms with Crippen LogP contribution in [0.25, 0.3) is 0 Å². The number of rotatable bonds is 10. The first-order chi connectivity index (χ1) is 14.3. The molecule has 1 amide bonds. The number of ether oxygens (including phenoxy) is 2. The Balaban J connectivity index is 2.13. The molecule has 2 rings (SSSR count). The van der Waals surface area contributed by atoms with Crippen LogP contribution in [-0.2, 0) is 14.8 Å². The number of hydrogen-bond acceptors (Lipinski definition) is 6. The first-order valence-electron chi connectivity index (χ1n) is 9.55. The van der Waals surface area contributed by atoms with Crippen LogP contribution in [0.3, 0.4) is 0 Å². The summed E-state index contributed by atoms with van der Waals surface area (Å²) in [5, 5.41) is 3.96. The van der Waals surface area contributed by atoms with Gasteiger partial charge in [0.25, 0.3) is 5.91 Å². The lowest BCUT2D eigenvalue weighted by molar-refractivity contribution is -0.121. The molecule has 162 valence electrons. The Bertz CT molecular complexity index is 977. The highest BCUT2D eigenvalue weighted by Crippen LogP contribution is 2.28. The summed E-state index contributed by atoms with van der Waals surface area (Å²) in [5.74, 6) is 0.646. The zero-order valence-electron chi connectivity index (χ0n) is 17.5. The summed E-state index contributed by atoms with van der Waals surface area (Å²) < 4.78 is 36.6. The fourth-order valence-corrected chi connectivity index (χ4v) is 3.97. The molecule has 0 aliphatic carbocycles. The van der Waals surface area contributed by atoms with E-state index in [2.05, 4.69) is 10.5 Å². The predicted octanol–water partition coefficient (Wildman–Crippen LogP) is 2.79. The van der Waals surface area contributed by atoms with Crippen LogP contribution in [0.2, 0.25) is 0 Å². The molecule has 2 aromatic rings. The second-order valence-corrected chi connectivity index (χ2v) is 8.24. The number of amides is 1. The van der Waals surface area contributed by atoms with Crippen molar-refractivity contribution in [2.45, 2.75) is 26.8 Å². The fraction of sp³-hybridized carbons (Fsp3) is 0.333. The summed E-state index contributed by atoms with van der Waals surface area (Å²) in [7, 11) is -3.67. The molecule has 0 aromatic heterocycles. The number of benzene rings is 2. The third-order valence-corrected chi connectivity index (χ3v) is 5.30. The number of hydrogen-bond donors (Lipinski definition) is 1. The van der Waals surface area contributed by atoms with Crippen molar-refractivity contribution in [2.75, 3.05) is 23.8 Å². The maximum atomic E-state index is 12.5. The summed E-state index contributed by atoms with van der Waals surface area (Å²) in [6.45, 7) is 6.26. The SMILES string of the molecule is CCOc1ccc(/C=N\NC(=O)[C@H](C)N(c2ccccc2)S(C)(=O)=O)cc1OCC. The number of sulfonamides is 1. The smallest absolute Gasteiger partial charge is 0.263 e. The van der Waals surface area contributed by atoms with Crippen LogP contribution in [0.1, 0.15) is 26.3 Å². The lowest BCUT2D eigenvalue weighted by Crippen LogP contribution is -2.46. The molecule has 0 bridgehead atoms. The molecule has 30 heavy (non-hydrogen) atoms. The number of para-hydroxylation sites is 1. The number of carbonyl (C=O) groups is 1. The van der Waals surface area contributed by atoms with Gasteiger partial charge in [0.1, 0.15) is 6.04 Å². The average Bonchev–Trinajstić information content (AvgIpc) is 2.70. The molecule has 0 saturated carbocycles. The van der Waals surface area contributed by atoms with E-state index in [0.29, 0.717) is 36.0 Å². The monoisotopic (exact) mass is 433 g/mol. The first-order valence-corrected chi connectivity index (χ1v) is 11.4. The molecule has 1 N–H and O–H groups in total. The van der Waals surface area contributed by atoms with E-state index >= 15 is 0 Å². The molecular formula is C21H27N3O5S. The van der Waals surface area contributed by atoms with Gasteiger partial charge in [0.05, 0.1) is 31.4 Å². The maximum Gasteiger partial charge on any atom is 0.263 e. The standard InChI is InChI=1S/C21H27N3O5S/c1-5-28-19-13-12-17(14-20(19)29-6-2)15-22-23-21(25)16(3)24(30(4,26)27)18-10-8-7-9-11-18/h7-16H,5-6H2,1-4H3,(H,23,25)/b22-15-/t16-/m0/s1. The Morgan fingerprint density at radius 3 is 2.33 bits per heavy atom. The van der Waals surface area contributed by atoms with Crippen LogP contribution in [0, 0.1) is 0 Å². The highest BCUT2D eigenvalue weighted by Gasteiger charge is 2.28. The summed E-state index contributed by atoms with van der Waals surface area (Å²) in [6.07, 6.45) is 2.51. The molecular weight excluding hydrogens is 406 g/mol. The zero-order chi connectivity index (χ0) is 22.1. The van der Waals surface area contributed by atoms with Crippen LogP contribution in [0.4, 0.5) is 5.69 Å². The number of nitrogens with zero attached hydrogens (tertiary/aromatic N) is 2. The van der Waals surface area contributed by atoms with Gasteiger partial charge in [-0.2, -0.15) is 5.10 Å². The van der Waals surface area contributed by atoms with E-state index in [4.69, 9.17) is 9.47 Å². The molecule has 0 saturated heterocycles. The minimum absolute atomic E-state index is 0.402. The van der Waals surface area contributed by atoms with E-state index in [0.717, 1.165) is 10.6 Å². The Labute approximate surface area is 177 Å². The van der Waals surface area contributed by atoms with Gasteiger partial charge in [-0.3, -0.25) is 9.10 Å². The van der Waals surface area contributed by atoms with Gasteiger partial charge in [-0.05, 0) is 56.7 Å². The van der Waals surface area contributed by atoms with E-state index in [1.54, 1.807) is 48.5 Å². The Hall–Kier alpha value is -3.07. The Kier molecular flexibility index (Phi) is 8.23. The lowest BCUT2D eigenvalue weighted by atomic mass is 10.2. The Morgan fingerprint density at radius 2 is 1.73 bits per heavy atom. The average molecular weight is 434 g/mol. The van der Waals surface area contributed by atoms with Gasteiger partial charge in [-0.25, -0.2) is 13.8 Å². The number of anilines is 1. The summed E-state index contributed by atoms with van der Waals surface area (Å²) in [6, 6.07) is 12.7. The van der Waals surface area contributed by atoms with Gasteiger partial charge in [0.2, 0.25) is 10.0 Å². The number of nitrogens with one attached hydrogen (secondary N) is 1. The summed E-state index contributed by atoms with van der Waals surface area (Å²) in [5.41, 5.74) is 3.49. The lowest BCUT2D eigenvalue weighted by Gasteiger charge is -2.27. The molecule has 0 radical (unpaired) electrons. The molecule has 0 spiro atoms. The molecule has 0 fully saturated rings. The minimum Gasteiger partial charge on any atom is -0.490 e.